The van der Waals surface area contributed by atoms with Crippen LogP contribution in [0.1, 0.15) is 17.5 Å². The largest absolute Gasteiger partial charge is 0.369 e. The monoisotopic (exact) mass is 243 g/mol. The van der Waals surface area contributed by atoms with Crippen molar-refractivity contribution >= 4 is 11.8 Å². The predicted octanol–water partition coefficient (Wildman–Crippen LogP) is 0.392. The maximum atomic E-state index is 11.9. The second-order valence-electron chi connectivity index (χ2n) is 4.32. The minimum absolute atomic E-state index is 0.218. The first-order valence-electron chi connectivity index (χ1n) is 5.69. The smallest absolute Gasteiger partial charge is 0.235 e. The number of benzene rings is 1. The molecule has 1 aromatic carbocycles. The number of nitrogens with zero attached hydrogens (tertiary/aromatic N) is 2. The maximum Gasteiger partial charge on any atom is 0.235 e. The third-order valence-corrected chi connectivity index (χ3v) is 3.07. The zero-order chi connectivity index (χ0) is 13.1. The van der Waals surface area contributed by atoms with Gasteiger partial charge in [0.05, 0.1) is 11.6 Å². The first kappa shape index (κ1) is 12.1. The summed E-state index contributed by atoms with van der Waals surface area (Å²) >= 11 is 0. The molecule has 2 amide bonds. The fourth-order valence-electron chi connectivity index (χ4n) is 2.12. The van der Waals surface area contributed by atoms with Crippen LogP contribution in [0.2, 0.25) is 0 Å². The van der Waals surface area contributed by atoms with E-state index in [1.54, 1.807) is 23.1 Å². The number of hydrogen-bond donors (Lipinski definition) is 1. The van der Waals surface area contributed by atoms with Crippen molar-refractivity contribution in [3.8, 4) is 6.07 Å². The van der Waals surface area contributed by atoms with Crippen LogP contribution < -0.4 is 5.73 Å². The molecule has 0 aromatic heterocycles. The lowest BCUT2D eigenvalue weighted by Gasteiger charge is -2.16. The highest BCUT2D eigenvalue weighted by Gasteiger charge is 2.35. The van der Waals surface area contributed by atoms with Crippen LogP contribution in [0, 0.1) is 17.2 Å². The summed E-state index contributed by atoms with van der Waals surface area (Å²) in [5.41, 5.74) is 6.60. The number of hydrogen-bond acceptors (Lipinski definition) is 3. The van der Waals surface area contributed by atoms with Crippen LogP contribution in [-0.4, -0.2) is 23.3 Å². The van der Waals surface area contributed by atoms with Gasteiger partial charge in [-0.05, 0) is 24.1 Å². The first-order chi connectivity index (χ1) is 8.61. The van der Waals surface area contributed by atoms with Crippen molar-refractivity contribution < 1.29 is 9.59 Å². The number of carbonyl (C=O) groups excluding carboxylic acids is 2. The Bertz CT molecular complexity index is 533. The van der Waals surface area contributed by atoms with Gasteiger partial charge in [0.2, 0.25) is 11.8 Å². The van der Waals surface area contributed by atoms with E-state index in [1.807, 2.05) is 6.07 Å². The molecule has 1 saturated heterocycles. The molecule has 1 fully saturated rings. The SMILES string of the molecule is N#Cc1cccc(CN2CCC(C(N)=O)C2=O)c1. The summed E-state index contributed by atoms with van der Waals surface area (Å²) in [6.45, 7) is 0.946. The fraction of sp³-hybridized carbons (Fsp3) is 0.308. The topological polar surface area (TPSA) is 87.2 Å². The second kappa shape index (κ2) is 4.88. The van der Waals surface area contributed by atoms with Crippen molar-refractivity contribution in [2.45, 2.75) is 13.0 Å². The summed E-state index contributed by atoms with van der Waals surface area (Å²) in [4.78, 5) is 24.5. The number of likely N-dealkylation sites (tertiary alicyclic amines) is 1. The molecule has 0 spiro atoms. The van der Waals surface area contributed by atoms with Crippen LogP contribution in [0.4, 0.5) is 0 Å². The van der Waals surface area contributed by atoms with Crippen molar-refractivity contribution in [1.82, 2.24) is 4.90 Å². The maximum absolute atomic E-state index is 11.9. The van der Waals surface area contributed by atoms with Gasteiger partial charge in [0, 0.05) is 13.1 Å². The predicted molar refractivity (Wildman–Crippen MR) is 63.9 cm³/mol. The lowest BCUT2D eigenvalue weighted by atomic mass is 10.1. The van der Waals surface area contributed by atoms with Gasteiger partial charge in [-0.3, -0.25) is 9.59 Å². The Morgan fingerprint density at radius 2 is 2.33 bits per heavy atom. The molecule has 0 radical (unpaired) electrons. The van der Waals surface area contributed by atoms with Crippen molar-refractivity contribution in [2.75, 3.05) is 6.54 Å². The molecule has 0 saturated carbocycles. The van der Waals surface area contributed by atoms with Crippen molar-refractivity contribution in [2.24, 2.45) is 11.7 Å². The Morgan fingerprint density at radius 3 is 2.94 bits per heavy atom. The average Bonchev–Trinajstić information content (AvgIpc) is 2.71. The van der Waals surface area contributed by atoms with Crippen molar-refractivity contribution in [1.29, 1.82) is 5.26 Å². The Balaban J connectivity index is 2.09. The fourth-order valence-corrected chi connectivity index (χ4v) is 2.12. The molecule has 1 aliphatic rings. The van der Waals surface area contributed by atoms with E-state index in [2.05, 4.69) is 6.07 Å². The lowest BCUT2D eigenvalue weighted by Crippen LogP contribution is -2.33. The van der Waals surface area contributed by atoms with E-state index in [4.69, 9.17) is 11.0 Å². The van der Waals surface area contributed by atoms with Crippen LogP contribution in [0.25, 0.3) is 0 Å². The molecular weight excluding hydrogens is 230 g/mol. The molecule has 5 heteroatoms. The summed E-state index contributed by atoms with van der Waals surface area (Å²) in [6, 6.07) is 9.13. The van der Waals surface area contributed by atoms with Crippen LogP contribution in [-0.2, 0) is 16.1 Å². The Hall–Kier alpha value is -2.35. The van der Waals surface area contributed by atoms with E-state index in [9.17, 15) is 9.59 Å². The minimum atomic E-state index is -0.691. The van der Waals surface area contributed by atoms with E-state index in [0.29, 0.717) is 25.1 Å². The summed E-state index contributed by atoms with van der Waals surface area (Å²) < 4.78 is 0. The molecule has 1 aliphatic heterocycles. The van der Waals surface area contributed by atoms with Gasteiger partial charge in [-0.2, -0.15) is 5.26 Å². The Labute approximate surface area is 105 Å². The normalized spacial score (nSPS) is 18.7. The molecule has 0 aliphatic carbocycles. The van der Waals surface area contributed by atoms with Gasteiger partial charge in [-0.1, -0.05) is 12.1 Å². The van der Waals surface area contributed by atoms with Gasteiger partial charge in [0.1, 0.15) is 5.92 Å². The standard InChI is InChI=1S/C13H13N3O2/c14-7-9-2-1-3-10(6-9)8-16-5-4-11(12(15)17)13(16)18/h1-3,6,11H,4-5,8H2,(H2,15,17). The number of amides is 2. The summed E-state index contributed by atoms with van der Waals surface area (Å²) in [5, 5.41) is 8.80. The lowest BCUT2D eigenvalue weighted by molar-refractivity contribution is -0.136. The zero-order valence-electron chi connectivity index (χ0n) is 9.80. The molecule has 1 atom stereocenters. The van der Waals surface area contributed by atoms with Crippen LogP contribution in [0.5, 0.6) is 0 Å². The van der Waals surface area contributed by atoms with Crippen molar-refractivity contribution in [3.63, 3.8) is 0 Å². The van der Waals surface area contributed by atoms with E-state index >= 15 is 0 Å². The van der Waals surface area contributed by atoms with E-state index in [1.165, 1.54) is 0 Å². The van der Waals surface area contributed by atoms with Gasteiger partial charge >= 0.3 is 0 Å². The van der Waals surface area contributed by atoms with E-state index in [-0.39, 0.29) is 5.91 Å². The highest BCUT2D eigenvalue weighted by atomic mass is 16.2. The minimum Gasteiger partial charge on any atom is -0.369 e. The van der Waals surface area contributed by atoms with Gasteiger partial charge in [-0.25, -0.2) is 0 Å². The van der Waals surface area contributed by atoms with Gasteiger partial charge < -0.3 is 10.6 Å². The molecule has 18 heavy (non-hydrogen) atoms. The number of carbonyl (C=O) groups is 2. The number of primary amides is 1. The third-order valence-electron chi connectivity index (χ3n) is 3.07. The number of rotatable bonds is 3. The van der Waals surface area contributed by atoms with E-state index < -0.39 is 11.8 Å². The number of nitrogens with two attached hydrogens (primary N) is 1. The second-order valence-corrected chi connectivity index (χ2v) is 4.32. The Morgan fingerprint density at radius 1 is 1.56 bits per heavy atom. The number of nitriles is 1. The van der Waals surface area contributed by atoms with Crippen LogP contribution in [0.15, 0.2) is 24.3 Å². The molecule has 5 nitrogen and oxygen atoms in total. The molecule has 2 N–H and O–H groups in total. The van der Waals surface area contributed by atoms with Crippen LogP contribution in [0.3, 0.4) is 0 Å². The summed E-state index contributed by atoms with van der Waals surface area (Å²) in [6.07, 6.45) is 0.478. The highest BCUT2D eigenvalue weighted by Crippen LogP contribution is 2.20. The first-order valence-corrected chi connectivity index (χ1v) is 5.69. The van der Waals surface area contributed by atoms with Crippen molar-refractivity contribution in [3.05, 3.63) is 35.4 Å². The van der Waals surface area contributed by atoms with Gasteiger partial charge in [0.25, 0.3) is 0 Å². The van der Waals surface area contributed by atoms with Gasteiger partial charge in [-0.15, -0.1) is 0 Å². The molecular formula is C13H13N3O2. The molecule has 0 bridgehead atoms. The average molecular weight is 243 g/mol. The summed E-state index contributed by atoms with van der Waals surface area (Å²) in [7, 11) is 0. The van der Waals surface area contributed by atoms with Crippen LogP contribution >= 0.6 is 0 Å². The molecule has 1 heterocycles. The molecule has 1 aromatic rings. The highest BCUT2D eigenvalue weighted by molar-refractivity contribution is 6.00. The molecule has 1 unspecified atom stereocenters. The molecule has 2 rings (SSSR count). The van der Waals surface area contributed by atoms with Gasteiger partial charge in [0.15, 0.2) is 0 Å². The zero-order valence-corrected chi connectivity index (χ0v) is 9.80. The van der Waals surface area contributed by atoms with E-state index in [0.717, 1.165) is 5.56 Å². The molecule has 92 valence electrons. The summed E-state index contributed by atoms with van der Waals surface area (Å²) in [5.74, 6) is -1.47. The Kier molecular flexibility index (Phi) is 3.28. The third kappa shape index (κ3) is 2.33. The quantitative estimate of drug-likeness (QED) is 0.779.